The molecule has 0 saturated carbocycles. The summed E-state index contributed by atoms with van der Waals surface area (Å²) in [5.41, 5.74) is 8.83. The molecule has 4 heterocycles. The molecule has 8 aromatic carbocycles. The number of benzene rings is 8. The summed E-state index contributed by atoms with van der Waals surface area (Å²) in [4.78, 5) is 20.9. The van der Waals surface area contributed by atoms with E-state index in [1.54, 1.807) is 11.3 Å². The van der Waals surface area contributed by atoms with Gasteiger partial charge in [-0.1, -0.05) is 121 Å². The fourth-order valence-electron chi connectivity index (χ4n) is 8.16. The molecule has 0 unspecified atom stereocenters. The number of oxazole rings is 1. The standard InChI is InChI=1S/C50H28N4O2S/c1-3-12-29(13-4-1)33-16-7-8-17-34(33)48-52-47(53-49(54-48)36-19-11-21-42-43(36)35-18-9-10-20-41(35)57-42)32-23-22-30-24-25-38-44(37(30)28-32)45-39(55-38)26-27-40-46(45)51-50(56-40)31-14-5-2-6-15-31/h1-28H. The van der Waals surface area contributed by atoms with Gasteiger partial charge in [0, 0.05) is 47.8 Å². The minimum atomic E-state index is 0.572. The molecule has 0 aliphatic rings. The van der Waals surface area contributed by atoms with Gasteiger partial charge in [0.2, 0.25) is 5.89 Å². The van der Waals surface area contributed by atoms with Crippen LogP contribution in [0.5, 0.6) is 0 Å². The summed E-state index contributed by atoms with van der Waals surface area (Å²) in [5.74, 6) is 2.38. The van der Waals surface area contributed by atoms with E-state index in [2.05, 4.69) is 109 Å². The zero-order valence-corrected chi connectivity index (χ0v) is 31.0. The molecule has 0 saturated heterocycles. The SMILES string of the molecule is c1ccc(-c2nc3c(ccc4oc5ccc6ccc(-c7nc(-c8ccccc8-c8ccccc8)nc(-c8cccc9sc%10ccccc%10c89)n7)cc6c5c43)o2)cc1. The average molecular weight is 749 g/mol. The maximum Gasteiger partial charge on any atom is 0.227 e. The van der Waals surface area contributed by atoms with Gasteiger partial charge < -0.3 is 8.83 Å². The molecule has 0 amide bonds. The first-order chi connectivity index (χ1) is 28.2. The minimum Gasteiger partial charge on any atom is -0.456 e. The molecule has 0 fully saturated rings. The van der Waals surface area contributed by atoms with E-state index in [-0.39, 0.29) is 0 Å². The normalized spacial score (nSPS) is 11.9. The van der Waals surface area contributed by atoms with Crippen molar-refractivity contribution in [3.63, 3.8) is 0 Å². The van der Waals surface area contributed by atoms with E-state index in [0.717, 1.165) is 77.0 Å². The number of aromatic nitrogens is 4. The molecule has 0 radical (unpaired) electrons. The number of nitrogens with zero attached hydrogens (tertiary/aromatic N) is 4. The summed E-state index contributed by atoms with van der Waals surface area (Å²) >= 11 is 1.78. The van der Waals surface area contributed by atoms with Crippen molar-refractivity contribution in [1.82, 2.24) is 19.9 Å². The molecular weight excluding hydrogens is 721 g/mol. The van der Waals surface area contributed by atoms with Gasteiger partial charge in [0.25, 0.3) is 0 Å². The van der Waals surface area contributed by atoms with Gasteiger partial charge in [0.05, 0.1) is 5.39 Å². The van der Waals surface area contributed by atoms with Crippen LogP contribution >= 0.6 is 11.3 Å². The lowest BCUT2D eigenvalue weighted by atomic mass is 9.98. The van der Waals surface area contributed by atoms with Crippen LogP contribution in [-0.4, -0.2) is 19.9 Å². The van der Waals surface area contributed by atoms with E-state index in [4.69, 9.17) is 28.8 Å². The van der Waals surface area contributed by atoms with Crippen LogP contribution in [0.4, 0.5) is 0 Å². The van der Waals surface area contributed by atoms with Crippen LogP contribution in [0.3, 0.4) is 0 Å². The van der Waals surface area contributed by atoms with E-state index in [1.165, 1.54) is 14.8 Å². The first-order valence-corrected chi connectivity index (χ1v) is 19.6. The Bertz CT molecular complexity index is 3530. The summed E-state index contributed by atoms with van der Waals surface area (Å²) in [6, 6.07) is 58.1. The van der Waals surface area contributed by atoms with Crippen LogP contribution in [0, 0.1) is 0 Å². The third kappa shape index (κ3) is 5.10. The van der Waals surface area contributed by atoms with Crippen molar-refractivity contribution in [2.24, 2.45) is 0 Å². The smallest absolute Gasteiger partial charge is 0.227 e. The predicted octanol–water partition coefficient (Wildman–Crippen LogP) is 13.8. The van der Waals surface area contributed by atoms with Gasteiger partial charge in [0.15, 0.2) is 23.1 Å². The summed E-state index contributed by atoms with van der Waals surface area (Å²) in [6.07, 6.45) is 0. The van der Waals surface area contributed by atoms with Gasteiger partial charge in [-0.3, -0.25) is 0 Å². The summed E-state index contributed by atoms with van der Waals surface area (Å²) in [7, 11) is 0. The lowest BCUT2D eigenvalue weighted by molar-refractivity contribution is 0.619. The molecule has 0 bridgehead atoms. The Morgan fingerprint density at radius 3 is 1.86 bits per heavy atom. The molecule has 12 aromatic rings. The minimum absolute atomic E-state index is 0.572. The molecule has 0 aliphatic carbocycles. The number of hydrogen-bond donors (Lipinski definition) is 0. The van der Waals surface area contributed by atoms with Gasteiger partial charge in [-0.25, -0.2) is 19.9 Å². The highest BCUT2D eigenvalue weighted by Gasteiger charge is 2.21. The Morgan fingerprint density at radius 2 is 1.00 bits per heavy atom. The van der Waals surface area contributed by atoms with Gasteiger partial charge in [-0.2, -0.15) is 0 Å². The third-order valence-electron chi connectivity index (χ3n) is 10.8. The fraction of sp³-hybridized carbons (Fsp3) is 0. The van der Waals surface area contributed by atoms with E-state index < -0.39 is 0 Å². The van der Waals surface area contributed by atoms with Crippen LogP contribution < -0.4 is 0 Å². The first kappa shape index (κ1) is 31.8. The van der Waals surface area contributed by atoms with E-state index in [1.807, 2.05) is 60.7 Å². The zero-order valence-electron chi connectivity index (χ0n) is 30.2. The lowest BCUT2D eigenvalue weighted by Crippen LogP contribution is -2.01. The first-order valence-electron chi connectivity index (χ1n) is 18.8. The second-order valence-corrected chi connectivity index (χ2v) is 15.2. The molecule has 12 rings (SSSR count). The van der Waals surface area contributed by atoms with E-state index >= 15 is 0 Å². The van der Waals surface area contributed by atoms with Crippen molar-refractivity contribution >= 4 is 75.3 Å². The van der Waals surface area contributed by atoms with Crippen molar-refractivity contribution in [3.8, 4) is 56.7 Å². The van der Waals surface area contributed by atoms with Crippen LogP contribution in [0.1, 0.15) is 0 Å². The van der Waals surface area contributed by atoms with Crippen molar-refractivity contribution in [3.05, 3.63) is 170 Å². The molecule has 266 valence electrons. The van der Waals surface area contributed by atoms with E-state index in [0.29, 0.717) is 28.9 Å². The Labute approximate surface area is 329 Å². The second kappa shape index (κ2) is 12.5. The Hall–Kier alpha value is -7.48. The van der Waals surface area contributed by atoms with Crippen LogP contribution in [-0.2, 0) is 0 Å². The van der Waals surface area contributed by atoms with Crippen LogP contribution in [0.15, 0.2) is 179 Å². The van der Waals surface area contributed by atoms with Crippen molar-refractivity contribution < 1.29 is 8.83 Å². The monoisotopic (exact) mass is 748 g/mol. The third-order valence-corrected chi connectivity index (χ3v) is 11.9. The highest BCUT2D eigenvalue weighted by atomic mass is 32.1. The average Bonchev–Trinajstić information content (AvgIpc) is 4.00. The zero-order chi connectivity index (χ0) is 37.5. The van der Waals surface area contributed by atoms with E-state index in [9.17, 15) is 0 Å². The summed E-state index contributed by atoms with van der Waals surface area (Å²) in [5, 5.41) is 6.31. The van der Waals surface area contributed by atoms with Crippen LogP contribution in [0.2, 0.25) is 0 Å². The molecule has 6 nitrogen and oxygen atoms in total. The number of rotatable bonds is 5. The molecule has 0 spiro atoms. The molecule has 0 aliphatic heterocycles. The highest BCUT2D eigenvalue weighted by molar-refractivity contribution is 7.25. The molecule has 0 atom stereocenters. The van der Waals surface area contributed by atoms with Gasteiger partial charge >= 0.3 is 0 Å². The highest BCUT2D eigenvalue weighted by Crippen LogP contribution is 2.43. The topological polar surface area (TPSA) is 77.8 Å². The van der Waals surface area contributed by atoms with Crippen molar-refractivity contribution in [1.29, 1.82) is 0 Å². The Balaban J connectivity index is 1.12. The molecular formula is C50H28N4O2S. The number of fused-ring (bicyclic) bond motifs is 10. The molecule has 7 heteroatoms. The second-order valence-electron chi connectivity index (χ2n) is 14.1. The number of hydrogen-bond acceptors (Lipinski definition) is 7. The lowest BCUT2D eigenvalue weighted by Gasteiger charge is -2.13. The largest absolute Gasteiger partial charge is 0.456 e. The summed E-state index contributed by atoms with van der Waals surface area (Å²) < 4.78 is 15.2. The van der Waals surface area contributed by atoms with Crippen LogP contribution in [0.25, 0.3) is 121 Å². The fourth-order valence-corrected chi connectivity index (χ4v) is 9.29. The predicted molar refractivity (Wildman–Crippen MR) is 232 cm³/mol. The van der Waals surface area contributed by atoms with Crippen molar-refractivity contribution in [2.45, 2.75) is 0 Å². The summed E-state index contributed by atoms with van der Waals surface area (Å²) in [6.45, 7) is 0. The van der Waals surface area contributed by atoms with Gasteiger partial charge in [-0.15, -0.1) is 11.3 Å². The number of thiophene rings is 1. The molecule has 0 N–H and O–H groups in total. The Kier molecular flexibility index (Phi) is 7.00. The molecule has 57 heavy (non-hydrogen) atoms. The van der Waals surface area contributed by atoms with Crippen molar-refractivity contribution in [2.75, 3.05) is 0 Å². The maximum atomic E-state index is 6.48. The maximum absolute atomic E-state index is 6.48. The van der Waals surface area contributed by atoms with Gasteiger partial charge in [0.1, 0.15) is 16.7 Å². The quantitative estimate of drug-likeness (QED) is 0.174. The number of furan rings is 1. The van der Waals surface area contributed by atoms with Gasteiger partial charge in [-0.05, 0) is 70.4 Å². The molecule has 4 aromatic heterocycles. The Morgan fingerprint density at radius 1 is 0.368 bits per heavy atom.